The second kappa shape index (κ2) is 13.4. The molecule has 0 atom stereocenters. The lowest BCUT2D eigenvalue weighted by molar-refractivity contribution is 0.0965. The Kier molecular flexibility index (Phi) is 8.57. The van der Waals surface area contributed by atoms with E-state index in [1.807, 2.05) is 84.9 Å². The molecule has 8 nitrogen and oxygen atoms in total. The minimum absolute atomic E-state index is 0.272. The maximum Gasteiger partial charge on any atom is 0.255 e. The Labute approximate surface area is 285 Å². The van der Waals surface area contributed by atoms with E-state index in [9.17, 15) is 9.59 Å². The molecule has 2 amide bonds. The molecule has 48 heavy (non-hydrogen) atoms. The van der Waals surface area contributed by atoms with Gasteiger partial charge in [0.2, 0.25) is 0 Å². The topological polar surface area (TPSA) is 116 Å². The van der Waals surface area contributed by atoms with E-state index < -0.39 is 0 Å². The van der Waals surface area contributed by atoms with E-state index in [0.29, 0.717) is 55.2 Å². The molecule has 0 fully saturated rings. The summed E-state index contributed by atoms with van der Waals surface area (Å²) in [6.45, 7) is 0. The first-order valence-corrected chi connectivity index (χ1v) is 15.7. The standard InChI is InChI=1S/C38H26Cl2N6O2/c39-27-15-17-29-31(21-27)43-35(41-29)33(45-37(47)25-7-3-1-4-8-25)19-23-11-13-24(14-12-23)20-34(46-38(48)26-9-5-2-6-10-26)36-42-30-18-16-28(40)22-32(30)44-36/h1-22H,(H,41,43)(H,42,44)(H,45,47)(H,46,48)/b33-19-,34-20-. The lowest BCUT2D eigenvalue weighted by Gasteiger charge is -2.10. The summed E-state index contributed by atoms with van der Waals surface area (Å²) in [6, 6.07) is 36.4. The van der Waals surface area contributed by atoms with Crippen LogP contribution in [0.3, 0.4) is 0 Å². The molecule has 0 unspecified atom stereocenters. The Balaban J connectivity index is 1.23. The van der Waals surface area contributed by atoms with Crippen molar-refractivity contribution in [3.8, 4) is 0 Å². The number of fused-ring (bicyclic) bond motifs is 2. The predicted octanol–water partition coefficient (Wildman–Crippen LogP) is 8.60. The van der Waals surface area contributed by atoms with Crippen molar-refractivity contribution < 1.29 is 9.59 Å². The predicted molar refractivity (Wildman–Crippen MR) is 192 cm³/mol. The van der Waals surface area contributed by atoms with Crippen molar-refractivity contribution in [1.82, 2.24) is 30.6 Å². The molecule has 2 aromatic heterocycles. The van der Waals surface area contributed by atoms with Crippen LogP contribution >= 0.6 is 23.2 Å². The van der Waals surface area contributed by atoms with Crippen LogP contribution < -0.4 is 10.6 Å². The number of halogens is 2. The average molecular weight is 670 g/mol. The smallest absolute Gasteiger partial charge is 0.255 e. The van der Waals surface area contributed by atoms with E-state index in [1.165, 1.54) is 0 Å². The molecule has 7 rings (SSSR count). The summed E-state index contributed by atoms with van der Waals surface area (Å²) in [5, 5.41) is 7.15. The molecule has 7 aromatic rings. The van der Waals surface area contributed by atoms with Gasteiger partial charge in [-0.05, 0) is 83.9 Å². The van der Waals surface area contributed by atoms with Gasteiger partial charge in [-0.3, -0.25) is 9.59 Å². The summed E-state index contributed by atoms with van der Waals surface area (Å²) < 4.78 is 0. The Bertz CT molecular complexity index is 2180. The summed E-state index contributed by atoms with van der Waals surface area (Å²) in [6.07, 6.45) is 3.68. The number of nitrogens with one attached hydrogen (secondary N) is 4. The Morgan fingerprint density at radius 1 is 0.542 bits per heavy atom. The van der Waals surface area contributed by atoms with E-state index >= 15 is 0 Å². The van der Waals surface area contributed by atoms with E-state index in [1.54, 1.807) is 48.5 Å². The third kappa shape index (κ3) is 6.90. The Morgan fingerprint density at radius 2 is 0.938 bits per heavy atom. The van der Waals surface area contributed by atoms with Crippen LogP contribution in [0.4, 0.5) is 0 Å². The Morgan fingerprint density at radius 3 is 1.33 bits per heavy atom. The fourth-order valence-corrected chi connectivity index (χ4v) is 5.46. The monoisotopic (exact) mass is 668 g/mol. The van der Waals surface area contributed by atoms with E-state index in [4.69, 9.17) is 33.2 Å². The van der Waals surface area contributed by atoms with E-state index in [0.717, 1.165) is 22.2 Å². The maximum atomic E-state index is 13.2. The number of imidazole rings is 2. The highest BCUT2D eigenvalue weighted by atomic mass is 35.5. The molecule has 0 aliphatic heterocycles. The summed E-state index contributed by atoms with van der Waals surface area (Å²) in [5.41, 5.74) is 6.53. The van der Waals surface area contributed by atoms with E-state index in [-0.39, 0.29) is 11.8 Å². The van der Waals surface area contributed by atoms with Crippen LogP contribution in [0.2, 0.25) is 10.0 Å². The SMILES string of the molecule is O=C(N/C(=C\c1ccc(/C=C(\NC(=O)c2ccccc2)c2nc3cc(Cl)ccc3[nH]2)cc1)c1nc2cc(Cl)ccc2[nH]1)c1ccccc1. The number of amides is 2. The van der Waals surface area contributed by atoms with Crippen molar-refractivity contribution in [2.45, 2.75) is 0 Å². The van der Waals surface area contributed by atoms with Gasteiger partial charge in [-0.25, -0.2) is 9.97 Å². The van der Waals surface area contributed by atoms with E-state index in [2.05, 4.69) is 20.6 Å². The van der Waals surface area contributed by atoms with Crippen LogP contribution in [0.15, 0.2) is 121 Å². The average Bonchev–Trinajstić information content (AvgIpc) is 3.73. The lowest BCUT2D eigenvalue weighted by Crippen LogP contribution is -2.22. The zero-order valence-corrected chi connectivity index (χ0v) is 26.7. The fraction of sp³-hybridized carbons (Fsp3) is 0. The normalized spacial score (nSPS) is 12.0. The third-order valence-electron chi connectivity index (χ3n) is 7.53. The van der Waals surface area contributed by atoms with Crippen molar-refractivity contribution in [3.05, 3.63) is 165 Å². The van der Waals surface area contributed by atoms with Gasteiger partial charge in [-0.2, -0.15) is 0 Å². The highest BCUT2D eigenvalue weighted by molar-refractivity contribution is 6.31. The molecule has 0 spiro atoms. The molecular formula is C38H26Cl2N6O2. The van der Waals surface area contributed by atoms with Crippen molar-refractivity contribution >= 4 is 80.6 Å². The first kappa shape index (κ1) is 30.7. The number of nitrogens with zero attached hydrogens (tertiary/aromatic N) is 2. The maximum absolute atomic E-state index is 13.2. The fourth-order valence-electron chi connectivity index (χ4n) is 5.13. The van der Waals surface area contributed by atoms with Crippen molar-refractivity contribution in [2.75, 3.05) is 0 Å². The summed E-state index contributed by atoms with van der Waals surface area (Å²) in [4.78, 5) is 42.3. The molecule has 10 heteroatoms. The van der Waals surface area contributed by atoms with Crippen LogP contribution in [-0.2, 0) is 0 Å². The number of hydrogen-bond donors (Lipinski definition) is 4. The number of aromatic nitrogens is 4. The van der Waals surface area contributed by atoms with Crippen molar-refractivity contribution in [3.63, 3.8) is 0 Å². The van der Waals surface area contributed by atoms with Crippen molar-refractivity contribution in [1.29, 1.82) is 0 Å². The molecule has 4 N–H and O–H groups in total. The van der Waals surface area contributed by atoms with Gasteiger partial charge in [0.05, 0.1) is 33.5 Å². The third-order valence-corrected chi connectivity index (χ3v) is 8.00. The molecule has 234 valence electrons. The summed E-state index contributed by atoms with van der Waals surface area (Å²) in [7, 11) is 0. The number of aromatic amines is 2. The lowest BCUT2D eigenvalue weighted by atomic mass is 10.1. The highest BCUT2D eigenvalue weighted by Gasteiger charge is 2.16. The highest BCUT2D eigenvalue weighted by Crippen LogP contribution is 2.24. The molecule has 0 saturated carbocycles. The first-order chi connectivity index (χ1) is 23.4. The number of carbonyl (C=O) groups is 2. The second-order valence-electron chi connectivity index (χ2n) is 10.9. The zero-order chi connectivity index (χ0) is 33.0. The van der Waals surface area contributed by atoms with Gasteiger partial charge in [0.1, 0.15) is 0 Å². The molecule has 0 bridgehead atoms. The first-order valence-electron chi connectivity index (χ1n) is 15.0. The van der Waals surface area contributed by atoms with Crippen LogP contribution in [0, 0.1) is 0 Å². The molecular weight excluding hydrogens is 643 g/mol. The van der Waals surface area contributed by atoms with Crippen LogP contribution in [-0.4, -0.2) is 31.8 Å². The molecule has 5 aromatic carbocycles. The Hall–Kier alpha value is -5.96. The summed E-state index contributed by atoms with van der Waals surface area (Å²) in [5.74, 6) is 0.421. The van der Waals surface area contributed by atoms with Gasteiger partial charge in [0, 0.05) is 21.2 Å². The number of H-pyrrole nitrogens is 2. The molecule has 2 heterocycles. The van der Waals surface area contributed by atoms with Crippen LogP contribution in [0.1, 0.15) is 43.5 Å². The number of carbonyl (C=O) groups excluding carboxylic acids is 2. The molecule has 0 aliphatic rings. The quantitative estimate of drug-likeness (QED) is 0.130. The molecule has 0 aliphatic carbocycles. The molecule has 0 radical (unpaired) electrons. The van der Waals surface area contributed by atoms with Gasteiger partial charge in [0.15, 0.2) is 11.6 Å². The summed E-state index contributed by atoms with van der Waals surface area (Å²) >= 11 is 12.4. The number of benzene rings is 5. The van der Waals surface area contributed by atoms with Gasteiger partial charge >= 0.3 is 0 Å². The minimum atomic E-state index is -0.272. The van der Waals surface area contributed by atoms with Crippen LogP contribution in [0.25, 0.3) is 45.6 Å². The largest absolute Gasteiger partial charge is 0.337 e. The number of hydrogen-bond acceptors (Lipinski definition) is 4. The second-order valence-corrected chi connectivity index (χ2v) is 11.8. The van der Waals surface area contributed by atoms with Gasteiger partial charge in [0.25, 0.3) is 11.8 Å². The number of rotatable bonds is 8. The zero-order valence-electron chi connectivity index (χ0n) is 25.2. The minimum Gasteiger partial charge on any atom is -0.337 e. The van der Waals surface area contributed by atoms with Gasteiger partial charge in [-0.15, -0.1) is 0 Å². The van der Waals surface area contributed by atoms with Gasteiger partial charge < -0.3 is 20.6 Å². The van der Waals surface area contributed by atoms with Gasteiger partial charge in [-0.1, -0.05) is 83.9 Å². The molecule has 0 saturated heterocycles. The van der Waals surface area contributed by atoms with Crippen LogP contribution in [0.5, 0.6) is 0 Å². The van der Waals surface area contributed by atoms with Crippen molar-refractivity contribution in [2.24, 2.45) is 0 Å².